The van der Waals surface area contributed by atoms with E-state index in [1.54, 1.807) is 12.1 Å². The van der Waals surface area contributed by atoms with Gasteiger partial charge in [0.25, 0.3) is 5.69 Å². The van der Waals surface area contributed by atoms with E-state index in [0.717, 1.165) is 30.5 Å². The molecular weight excluding hydrogens is 258 g/mol. The molecule has 6 nitrogen and oxygen atoms in total. The topological polar surface area (TPSA) is 84.6 Å². The minimum absolute atomic E-state index is 0.0163. The number of nitro benzene ring substituents is 1. The highest BCUT2D eigenvalue weighted by molar-refractivity contribution is 5.85. The molecule has 108 valence electrons. The van der Waals surface area contributed by atoms with Gasteiger partial charge in [-0.05, 0) is 25.3 Å². The summed E-state index contributed by atoms with van der Waals surface area (Å²) in [5, 5.41) is 14.5. The smallest absolute Gasteiger partial charge is 0.269 e. The molecule has 0 saturated heterocycles. The van der Waals surface area contributed by atoms with Gasteiger partial charge in [-0.3, -0.25) is 14.9 Å². The lowest BCUT2D eigenvalue weighted by Gasteiger charge is -2.02. The average Bonchev–Trinajstić information content (AvgIpc) is 2.43. The molecule has 20 heavy (non-hydrogen) atoms. The number of carbonyl (C=O) groups is 1. The maximum Gasteiger partial charge on any atom is 0.269 e. The Labute approximate surface area is 118 Å². The molecule has 6 heteroatoms. The third-order valence-corrected chi connectivity index (χ3v) is 2.78. The molecule has 0 unspecified atom stereocenters. The van der Waals surface area contributed by atoms with Crippen LogP contribution in [0.5, 0.6) is 0 Å². The molecule has 0 fully saturated rings. The molecule has 0 aromatic heterocycles. The van der Waals surface area contributed by atoms with Crippen molar-refractivity contribution in [2.24, 2.45) is 5.10 Å². The number of non-ortho nitro benzene ring substituents is 1. The second kappa shape index (κ2) is 8.04. The number of rotatable bonds is 7. The SMILES string of the molecule is CCCC/C(C)=N/NC(=O)Cc1ccc([N+](=O)[O-])cc1. The van der Waals surface area contributed by atoms with Crippen molar-refractivity contribution < 1.29 is 9.72 Å². The predicted molar refractivity (Wildman–Crippen MR) is 77.6 cm³/mol. The molecule has 0 atom stereocenters. The highest BCUT2D eigenvalue weighted by Crippen LogP contribution is 2.12. The van der Waals surface area contributed by atoms with Crippen LogP contribution in [-0.4, -0.2) is 16.5 Å². The van der Waals surface area contributed by atoms with Crippen molar-refractivity contribution >= 4 is 17.3 Å². The molecule has 1 rings (SSSR count). The van der Waals surface area contributed by atoms with Gasteiger partial charge in [-0.15, -0.1) is 0 Å². The summed E-state index contributed by atoms with van der Waals surface area (Å²) in [4.78, 5) is 21.7. The fourth-order valence-electron chi connectivity index (χ4n) is 1.61. The molecule has 0 bridgehead atoms. The normalized spacial score (nSPS) is 11.2. The van der Waals surface area contributed by atoms with Crippen molar-refractivity contribution in [2.75, 3.05) is 0 Å². The zero-order chi connectivity index (χ0) is 15.0. The Balaban J connectivity index is 2.48. The lowest BCUT2D eigenvalue weighted by atomic mass is 10.1. The molecule has 0 aliphatic heterocycles. The van der Waals surface area contributed by atoms with E-state index in [4.69, 9.17) is 0 Å². The van der Waals surface area contributed by atoms with Gasteiger partial charge in [-0.25, -0.2) is 5.43 Å². The Morgan fingerprint density at radius 2 is 2.00 bits per heavy atom. The average molecular weight is 277 g/mol. The number of unbranched alkanes of at least 4 members (excludes halogenated alkanes) is 1. The lowest BCUT2D eigenvalue weighted by molar-refractivity contribution is -0.384. The van der Waals surface area contributed by atoms with Crippen LogP contribution in [0.4, 0.5) is 5.69 Å². The van der Waals surface area contributed by atoms with Crippen molar-refractivity contribution in [3.63, 3.8) is 0 Å². The predicted octanol–water partition coefficient (Wildman–Crippen LogP) is 2.82. The first-order chi connectivity index (χ1) is 9.52. The quantitative estimate of drug-likeness (QED) is 0.472. The molecule has 1 amide bonds. The highest BCUT2D eigenvalue weighted by Gasteiger charge is 2.06. The number of hydrogen-bond donors (Lipinski definition) is 1. The largest absolute Gasteiger partial charge is 0.273 e. The molecule has 1 N–H and O–H groups in total. The van der Waals surface area contributed by atoms with E-state index < -0.39 is 4.92 Å². The Kier molecular flexibility index (Phi) is 6.36. The molecular formula is C14H19N3O3. The summed E-state index contributed by atoms with van der Waals surface area (Å²) >= 11 is 0. The van der Waals surface area contributed by atoms with Crippen LogP contribution in [-0.2, 0) is 11.2 Å². The van der Waals surface area contributed by atoms with Gasteiger partial charge in [0.15, 0.2) is 0 Å². The van der Waals surface area contributed by atoms with Gasteiger partial charge in [0.05, 0.1) is 11.3 Å². The lowest BCUT2D eigenvalue weighted by Crippen LogP contribution is -2.21. The number of nitrogens with zero attached hydrogens (tertiary/aromatic N) is 2. The van der Waals surface area contributed by atoms with E-state index in [2.05, 4.69) is 17.5 Å². The van der Waals surface area contributed by atoms with Crippen LogP contribution in [0.1, 0.15) is 38.7 Å². The third-order valence-electron chi connectivity index (χ3n) is 2.78. The number of nitrogens with one attached hydrogen (secondary N) is 1. The van der Waals surface area contributed by atoms with Gasteiger partial charge in [0.1, 0.15) is 0 Å². The van der Waals surface area contributed by atoms with Crippen molar-refractivity contribution in [3.8, 4) is 0 Å². The van der Waals surface area contributed by atoms with Gasteiger partial charge in [-0.1, -0.05) is 25.5 Å². The van der Waals surface area contributed by atoms with Gasteiger partial charge in [0, 0.05) is 17.8 Å². The van der Waals surface area contributed by atoms with Crippen LogP contribution in [0, 0.1) is 10.1 Å². The monoisotopic (exact) mass is 277 g/mol. The summed E-state index contributed by atoms with van der Waals surface area (Å²) in [6.45, 7) is 3.97. The van der Waals surface area contributed by atoms with Crippen molar-refractivity contribution in [1.29, 1.82) is 0 Å². The van der Waals surface area contributed by atoms with E-state index in [0.29, 0.717) is 0 Å². The number of benzene rings is 1. The van der Waals surface area contributed by atoms with Crippen molar-refractivity contribution in [1.82, 2.24) is 5.43 Å². The van der Waals surface area contributed by atoms with E-state index >= 15 is 0 Å². The van der Waals surface area contributed by atoms with Gasteiger partial charge < -0.3 is 0 Å². The van der Waals surface area contributed by atoms with E-state index in [1.807, 2.05) is 6.92 Å². The van der Waals surface area contributed by atoms with Crippen LogP contribution in [0.15, 0.2) is 29.4 Å². The van der Waals surface area contributed by atoms with Crippen molar-refractivity contribution in [3.05, 3.63) is 39.9 Å². The van der Waals surface area contributed by atoms with E-state index in [-0.39, 0.29) is 18.0 Å². The second-order valence-electron chi connectivity index (χ2n) is 4.59. The molecule has 0 spiro atoms. The highest BCUT2D eigenvalue weighted by atomic mass is 16.6. The summed E-state index contributed by atoms with van der Waals surface area (Å²) in [6, 6.07) is 5.92. The fraction of sp³-hybridized carbons (Fsp3) is 0.429. The molecule has 0 heterocycles. The molecule has 0 aliphatic carbocycles. The van der Waals surface area contributed by atoms with Crippen molar-refractivity contribution in [2.45, 2.75) is 39.5 Å². The van der Waals surface area contributed by atoms with Crippen LogP contribution in [0.25, 0.3) is 0 Å². The summed E-state index contributed by atoms with van der Waals surface area (Å²) < 4.78 is 0. The van der Waals surface area contributed by atoms with Crippen LogP contribution in [0.3, 0.4) is 0 Å². The Morgan fingerprint density at radius 3 is 2.55 bits per heavy atom. The maximum atomic E-state index is 11.7. The van der Waals surface area contributed by atoms with Crippen LogP contribution >= 0.6 is 0 Å². The van der Waals surface area contributed by atoms with E-state index in [9.17, 15) is 14.9 Å². The number of hydrogen-bond acceptors (Lipinski definition) is 4. The molecule has 1 aromatic carbocycles. The Hall–Kier alpha value is -2.24. The molecule has 1 aromatic rings. The molecule has 0 saturated carbocycles. The molecule has 0 aliphatic rings. The van der Waals surface area contributed by atoms with E-state index in [1.165, 1.54) is 12.1 Å². The second-order valence-corrected chi connectivity index (χ2v) is 4.59. The minimum Gasteiger partial charge on any atom is -0.273 e. The van der Waals surface area contributed by atoms with Gasteiger partial charge in [-0.2, -0.15) is 5.10 Å². The number of hydrazone groups is 1. The summed E-state index contributed by atoms with van der Waals surface area (Å²) in [5.41, 5.74) is 4.12. The Bertz CT molecular complexity index is 495. The summed E-state index contributed by atoms with van der Waals surface area (Å²) in [7, 11) is 0. The van der Waals surface area contributed by atoms with Crippen LogP contribution in [0.2, 0.25) is 0 Å². The van der Waals surface area contributed by atoms with Gasteiger partial charge >= 0.3 is 0 Å². The minimum atomic E-state index is -0.467. The third kappa shape index (κ3) is 5.60. The van der Waals surface area contributed by atoms with Crippen LogP contribution < -0.4 is 5.43 Å². The standard InChI is InChI=1S/C14H19N3O3/c1-3-4-5-11(2)15-16-14(18)10-12-6-8-13(9-7-12)17(19)20/h6-9H,3-5,10H2,1-2H3,(H,16,18)/b15-11+. The number of nitro groups is 1. The zero-order valence-electron chi connectivity index (χ0n) is 11.8. The first kappa shape index (κ1) is 15.8. The first-order valence-electron chi connectivity index (χ1n) is 6.58. The molecule has 0 radical (unpaired) electrons. The first-order valence-corrected chi connectivity index (χ1v) is 6.58. The Morgan fingerprint density at radius 1 is 1.35 bits per heavy atom. The summed E-state index contributed by atoms with van der Waals surface area (Å²) in [5.74, 6) is -0.227. The number of carbonyl (C=O) groups excluding carboxylic acids is 1. The fourth-order valence-corrected chi connectivity index (χ4v) is 1.61. The summed E-state index contributed by atoms with van der Waals surface area (Å²) in [6.07, 6.45) is 3.16. The maximum absolute atomic E-state index is 11.7. The zero-order valence-corrected chi connectivity index (χ0v) is 11.8. The van der Waals surface area contributed by atoms with Gasteiger partial charge in [0.2, 0.25) is 5.91 Å². The number of amides is 1.